The Morgan fingerprint density at radius 1 is 1.24 bits per heavy atom. The fourth-order valence-corrected chi connectivity index (χ4v) is 3.46. The third-order valence-corrected chi connectivity index (χ3v) is 4.62. The number of rotatable bonds is 2. The lowest BCUT2D eigenvalue weighted by Crippen LogP contribution is -2.25. The highest BCUT2D eigenvalue weighted by Gasteiger charge is 2.20. The molecule has 90 valence electrons. The first-order valence-electron chi connectivity index (χ1n) is 5.12. The number of amides is 1. The lowest BCUT2D eigenvalue weighted by Gasteiger charge is -2.16. The van der Waals surface area contributed by atoms with E-state index >= 15 is 0 Å². The zero-order valence-electron chi connectivity index (χ0n) is 9.62. The number of hydrogen-bond donors (Lipinski definition) is 0. The molecule has 1 amide bonds. The number of nitrogens with zero attached hydrogens (tertiary/aromatic N) is 1. The Bertz CT molecular complexity index is 438. The third-order valence-electron chi connectivity index (χ3n) is 2.20. The zero-order chi connectivity index (χ0) is 12.3. The van der Waals surface area contributed by atoms with Crippen LogP contribution in [0, 0.1) is 0 Å². The van der Waals surface area contributed by atoms with Crippen LogP contribution in [0.15, 0.2) is 35.1 Å². The molecular weight excluding hydrogens is 254 g/mol. The number of ether oxygens (including phenoxy) is 1. The Kier molecular flexibility index (Phi) is 4.02. The van der Waals surface area contributed by atoms with Crippen LogP contribution < -0.4 is 4.74 Å². The van der Waals surface area contributed by atoms with Crippen LogP contribution in [0.3, 0.4) is 0 Å². The maximum atomic E-state index is 11.6. The average Bonchev–Trinajstić information content (AvgIpc) is 2.83. The Morgan fingerprint density at radius 3 is 2.53 bits per heavy atom. The van der Waals surface area contributed by atoms with Crippen LogP contribution in [-0.4, -0.2) is 25.1 Å². The Labute approximate surface area is 109 Å². The monoisotopic (exact) mass is 267 g/mol. The van der Waals surface area contributed by atoms with Gasteiger partial charge in [0.05, 0.1) is 4.58 Å². The normalized spacial score (nSPS) is 14.9. The highest BCUT2D eigenvalue weighted by molar-refractivity contribution is 8.21. The topological polar surface area (TPSA) is 29.5 Å². The molecule has 3 nitrogen and oxygen atoms in total. The van der Waals surface area contributed by atoms with E-state index < -0.39 is 0 Å². The molecule has 1 aromatic rings. The van der Waals surface area contributed by atoms with Gasteiger partial charge in [0, 0.05) is 19.7 Å². The molecule has 2 rings (SSSR count). The Balaban J connectivity index is 2.18. The summed E-state index contributed by atoms with van der Waals surface area (Å²) in [5.74, 6) is 0.639. The first kappa shape index (κ1) is 12.4. The molecule has 1 aromatic carbocycles. The van der Waals surface area contributed by atoms with Crippen LogP contribution in [0.5, 0.6) is 5.75 Å². The second kappa shape index (κ2) is 5.51. The molecule has 0 atom stereocenters. The SMILES string of the molecule is CN(C)C(=O)Oc1ccccc1C1SC=CS1. The van der Waals surface area contributed by atoms with Gasteiger partial charge in [-0.3, -0.25) is 0 Å². The van der Waals surface area contributed by atoms with Crippen molar-refractivity contribution in [1.82, 2.24) is 4.90 Å². The molecule has 1 aliphatic heterocycles. The lowest BCUT2D eigenvalue weighted by molar-refractivity contribution is 0.171. The van der Waals surface area contributed by atoms with Gasteiger partial charge in [-0.1, -0.05) is 18.2 Å². The van der Waals surface area contributed by atoms with E-state index in [-0.39, 0.29) is 10.7 Å². The fourth-order valence-electron chi connectivity index (χ4n) is 1.34. The van der Waals surface area contributed by atoms with Crippen LogP contribution in [0.1, 0.15) is 10.1 Å². The van der Waals surface area contributed by atoms with Crippen molar-refractivity contribution in [2.45, 2.75) is 4.58 Å². The summed E-state index contributed by atoms with van der Waals surface area (Å²) >= 11 is 3.45. The van der Waals surface area contributed by atoms with E-state index in [1.807, 2.05) is 24.3 Å². The molecule has 5 heteroatoms. The van der Waals surface area contributed by atoms with Crippen molar-refractivity contribution in [2.75, 3.05) is 14.1 Å². The standard InChI is InChI=1S/C12H13NO2S2/c1-13(2)12(14)15-10-6-4-3-5-9(10)11-16-7-8-17-11/h3-8,11H,1-2H3. The van der Waals surface area contributed by atoms with Crippen molar-refractivity contribution in [2.24, 2.45) is 0 Å². The molecule has 0 N–H and O–H groups in total. The second-order valence-corrected chi connectivity index (χ2v) is 6.01. The highest BCUT2D eigenvalue weighted by Crippen LogP contribution is 2.48. The third kappa shape index (κ3) is 2.98. The van der Waals surface area contributed by atoms with Crippen LogP contribution in [0.4, 0.5) is 4.79 Å². The summed E-state index contributed by atoms with van der Waals surface area (Å²) < 4.78 is 5.63. The van der Waals surface area contributed by atoms with Gasteiger partial charge in [0.25, 0.3) is 0 Å². The van der Waals surface area contributed by atoms with Gasteiger partial charge in [-0.05, 0) is 16.9 Å². The van der Waals surface area contributed by atoms with E-state index in [1.165, 1.54) is 4.90 Å². The van der Waals surface area contributed by atoms with Crippen LogP contribution >= 0.6 is 23.5 Å². The maximum Gasteiger partial charge on any atom is 0.414 e. The smallest absolute Gasteiger partial charge is 0.410 e. The van der Waals surface area contributed by atoms with Gasteiger partial charge < -0.3 is 9.64 Å². The van der Waals surface area contributed by atoms with Gasteiger partial charge in [-0.25, -0.2) is 4.79 Å². The summed E-state index contributed by atoms with van der Waals surface area (Å²) in [5.41, 5.74) is 1.04. The maximum absolute atomic E-state index is 11.6. The first-order valence-corrected chi connectivity index (χ1v) is 7.01. The van der Waals surface area contributed by atoms with Crippen molar-refractivity contribution >= 4 is 29.6 Å². The van der Waals surface area contributed by atoms with E-state index in [2.05, 4.69) is 10.8 Å². The number of benzene rings is 1. The average molecular weight is 267 g/mol. The number of carbonyl (C=O) groups is 1. The number of hydrogen-bond acceptors (Lipinski definition) is 4. The minimum absolute atomic E-state index is 0.279. The predicted octanol–water partition coefficient (Wildman–Crippen LogP) is 3.70. The van der Waals surface area contributed by atoms with Crippen molar-refractivity contribution in [3.8, 4) is 5.75 Å². The van der Waals surface area contributed by atoms with Crippen molar-refractivity contribution < 1.29 is 9.53 Å². The molecule has 0 unspecified atom stereocenters. The molecule has 0 saturated heterocycles. The largest absolute Gasteiger partial charge is 0.414 e. The fraction of sp³-hybridized carbons (Fsp3) is 0.250. The van der Waals surface area contributed by atoms with Gasteiger partial charge >= 0.3 is 6.09 Å². The molecule has 1 heterocycles. The van der Waals surface area contributed by atoms with Crippen LogP contribution in [-0.2, 0) is 0 Å². The van der Waals surface area contributed by atoms with Crippen LogP contribution in [0.25, 0.3) is 0 Å². The van der Waals surface area contributed by atoms with Gasteiger partial charge in [-0.15, -0.1) is 23.5 Å². The van der Waals surface area contributed by atoms with Gasteiger partial charge in [0.1, 0.15) is 5.75 Å². The van der Waals surface area contributed by atoms with Crippen molar-refractivity contribution in [3.63, 3.8) is 0 Å². The van der Waals surface area contributed by atoms with E-state index in [9.17, 15) is 4.79 Å². The molecule has 0 saturated carbocycles. The van der Waals surface area contributed by atoms with Crippen molar-refractivity contribution in [3.05, 3.63) is 40.6 Å². The summed E-state index contributed by atoms with van der Waals surface area (Å²) in [4.78, 5) is 13.0. The van der Waals surface area contributed by atoms with Gasteiger partial charge in [0.15, 0.2) is 0 Å². The molecule has 0 fully saturated rings. The summed E-state index contributed by atoms with van der Waals surface area (Å²) in [7, 11) is 3.34. The van der Waals surface area contributed by atoms with Crippen LogP contribution in [0.2, 0.25) is 0 Å². The zero-order valence-corrected chi connectivity index (χ0v) is 11.3. The van der Waals surface area contributed by atoms with E-state index in [1.54, 1.807) is 37.6 Å². The number of carbonyl (C=O) groups excluding carboxylic acids is 1. The van der Waals surface area contributed by atoms with Crippen molar-refractivity contribution in [1.29, 1.82) is 0 Å². The number of thioether (sulfide) groups is 2. The molecule has 0 aromatic heterocycles. The molecular formula is C12H13NO2S2. The summed E-state index contributed by atoms with van der Waals surface area (Å²) in [6.45, 7) is 0. The molecule has 0 spiro atoms. The first-order chi connectivity index (χ1) is 8.18. The summed E-state index contributed by atoms with van der Waals surface area (Å²) in [6, 6.07) is 7.66. The number of para-hydroxylation sites is 1. The molecule has 0 aliphatic carbocycles. The summed E-state index contributed by atoms with van der Waals surface area (Å²) in [6.07, 6.45) is -0.349. The Morgan fingerprint density at radius 2 is 1.88 bits per heavy atom. The van der Waals surface area contributed by atoms with Gasteiger partial charge in [0.2, 0.25) is 0 Å². The minimum Gasteiger partial charge on any atom is -0.410 e. The molecule has 1 aliphatic rings. The van der Waals surface area contributed by atoms with Gasteiger partial charge in [-0.2, -0.15) is 0 Å². The van der Waals surface area contributed by atoms with E-state index in [4.69, 9.17) is 4.74 Å². The van der Waals surface area contributed by atoms with E-state index in [0.29, 0.717) is 5.75 Å². The molecule has 0 bridgehead atoms. The Hall–Kier alpha value is -1.07. The highest BCUT2D eigenvalue weighted by atomic mass is 32.2. The predicted molar refractivity (Wildman–Crippen MR) is 73.2 cm³/mol. The van der Waals surface area contributed by atoms with E-state index in [0.717, 1.165) is 5.56 Å². The minimum atomic E-state index is -0.349. The quantitative estimate of drug-likeness (QED) is 0.817. The molecule has 17 heavy (non-hydrogen) atoms. The second-order valence-electron chi connectivity index (χ2n) is 3.68. The molecule has 0 radical (unpaired) electrons. The summed E-state index contributed by atoms with van der Waals surface area (Å²) in [5, 5.41) is 4.11. The lowest BCUT2D eigenvalue weighted by atomic mass is 10.2.